The van der Waals surface area contributed by atoms with Crippen LogP contribution in [0.5, 0.6) is 0 Å². The Kier molecular flexibility index (Phi) is 7.78. The number of halogens is 3. The third kappa shape index (κ3) is 6.01. The van der Waals surface area contributed by atoms with E-state index in [4.69, 9.17) is 39.5 Å². The Labute approximate surface area is 141 Å². The van der Waals surface area contributed by atoms with Crippen molar-refractivity contribution in [2.24, 2.45) is 0 Å². The number of hydrogen-bond donors (Lipinski definition) is 1. The Balaban J connectivity index is 0.000000383. The summed E-state index contributed by atoms with van der Waals surface area (Å²) in [5.41, 5.74) is 0.888. The summed E-state index contributed by atoms with van der Waals surface area (Å²) in [5.74, 6) is -0.325. The van der Waals surface area contributed by atoms with Crippen molar-refractivity contribution in [1.29, 1.82) is 0 Å². The average Bonchev–Trinajstić information content (AvgIpc) is 2.41. The van der Waals surface area contributed by atoms with Crippen LogP contribution in [0.25, 0.3) is 0 Å². The van der Waals surface area contributed by atoms with E-state index in [1.54, 1.807) is 24.3 Å². The molecule has 0 bridgehead atoms. The zero-order valence-electron chi connectivity index (χ0n) is 12.0. The molecule has 21 heavy (non-hydrogen) atoms. The van der Waals surface area contributed by atoms with Gasteiger partial charge in [-0.05, 0) is 43.7 Å². The largest absolute Gasteiger partial charge is 0.382 e. The predicted octanol–water partition coefficient (Wildman–Crippen LogP) is 5.09. The lowest BCUT2D eigenvalue weighted by molar-refractivity contribution is 0.161. The van der Waals surface area contributed by atoms with Crippen LogP contribution in [0.4, 0.5) is 0 Å². The molecule has 1 aliphatic carbocycles. The number of rotatable bonds is 3. The summed E-state index contributed by atoms with van der Waals surface area (Å²) in [7, 11) is 0. The van der Waals surface area contributed by atoms with Crippen molar-refractivity contribution >= 4 is 34.8 Å². The number of alkyl halides is 1. The van der Waals surface area contributed by atoms with E-state index in [2.05, 4.69) is 0 Å². The van der Waals surface area contributed by atoms with Crippen LogP contribution in [-0.2, 0) is 4.74 Å². The van der Waals surface area contributed by atoms with Gasteiger partial charge in [0.15, 0.2) is 5.06 Å². The molecule has 116 valence electrons. The average molecular weight is 350 g/mol. The van der Waals surface area contributed by atoms with Crippen LogP contribution >= 0.6 is 34.8 Å². The van der Waals surface area contributed by atoms with E-state index in [1.165, 1.54) is 6.08 Å². The molecule has 1 aliphatic rings. The lowest BCUT2D eigenvalue weighted by Crippen LogP contribution is -2.28. The lowest BCUT2D eigenvalue weighted by Gasteiger charge is -2.28. The van der Waals surface area contributed by atoms with Gasteiger partial charge in [0.1, 0.15) is 0 Å². The maximum absolute atomic E-state index is 10.0. The Bertz CT molecular complexity index is 491. The van der Waals surface area contributed by atoms with E-state index in [9.17, 15) is 5.11 Å². The topological polar surface area (TPSA) is 29.5 Å². The van der Waals surface area contributed by atoms with Crippen molar-refractivity contribution in [3.05, 3.63) is 58.1 Å². The molecule has 2 unspecified atom stereocenters. The Morgan fingerprint density at radius 1 is 1.14 bits per heavy atom. The summed E-state index contributed by atoms with van der Waals surface area (Å²) >= 11 is 17.6. The molecule has 2 rings (SSSR count). The highest BCUT2D eigenvalue weighted by Crippen LogP contribution is 2.39. The van der Waals surface area contributed by atoms with Crippen molar-refractivity contribution in [2.75, 3.05) is 13.2 Å². The van der Waals surface area contributed by atoms with Crippen molar-refractivity contribution in [2.45, 2.75) is 24.8 Å². The predicted molar refractivity (Wildman–Crippen MR) is 90.2 cm³/mol. The minimum absolute atomic E-state index is 0.325. The van der Waals surface area contributed by atoms with E-state index in [0.717, 1.165) is 18.8 Å². The van der Waals surface area contributed by atoms with E-state index in [0.29, 0.717) is 10.1 Å². The van der Waals surface area contributed by atoms with Crippen molar-refractivity contribution in [3.63, 3.8) is 0 Å². The van der Waals surface area contributed by atoms with Crippen LogP contribution in [-0.4, -0.2) is 23.4 Å². The SMILES string of the molecule is CCOCC.OC1(Cl)C=C(Cl)C=CC1c1ccc(Cl)cc1. The molecule has 0 heterocycles. The molecular weight excluding hydrogens is 331 g/mol. The van der Waals surface area contributed by atoms with Gasteiger partial charge in [-0.25, -0.2) is 0 Å². The summed E-state index contributed by atoms with van der Waals surface area (Å²) in [5, 5.41) is 9.64. The first kappa shape index (κ1) is 18.5. The van der Waals surface area contributed by atoms with Gasteiger partial charge in [0.2, 0.25) is 0 Å². The van der Waals surface area contributed by atoms with Crippen LogP contribution in [0.1, 0.15) is 25.3 Å². The van der Waals surface area contributed by atoms with Crippen LogP contribution in [0.15, 0.2) is 47.5 Å². The monoisotopic (exact) mass is 348 g/mol. The first-order valence-corrected chi connectivity index (χ1v) is 7.85. The third-order valence-corrected chi connectivity index (χ3v) is 3.69. The van der Waals surface area contributed by atoms with Gasteiger partial charge >= 0.3 is 0 Å². The first-order chi connectivity index (χ1) is 9.90. The normalized spacial score (nSPS) is 24.1. The second-order valence-electron chi connectivity index (χ2n) is 4.43. The number of hydrogen-bond acceptors (Lipinski definition) is 2. The highest BCUT2D eigenvalue weighted by molar-refractivity contribution is 6.33. The fourth-order valence-electron chi connectivity index (χ4n) is 1.87. The van der Waals surface area contributed by atoms with Gasteiger partial charge in [0.25, 0.3) is 0 Å². The molecule has 2 atom stereocenters. The Hall–Kier alpha value is -0.510. The number of benzene rings is 1. The van der Waals surface area contributed by atoms with Gasteiger partial charge in [-0.2, -0.15) is 0 Å². The Morgan fingerprint density at radius 2 is 1.71 bits per heavy atom. The second-order valence-corrected chi connectivity index (χ2v) is 5.90. The highest BCUT2D eigenvalue weighted by Gasteiger charge is 2.34. The van der Waals surface area contributed by atoms with E-state index < -0.39 is 5.06 Å². The van der Waals surface area contributed by atoms with Gasteiger partial charge in [-0.3, -0.25) is 0 Å². The van der Waals surface area contributed by atoms with Crippen molar-refractivity contribution in [3.8, 4) is 0 Å². The summed E-state index contributed by atoms with van der Waals surface area (Å²) in [4.78, 5) is 0. The molecule has 1 N–H and O–H groups in total. The zero-order valence-corrected chi connectivity index (χ0v) is 14.3. The van der Waals surface area contributed by atoms with Crippen LogP contribution in [0.2, 0.25) is 5.02 Å². The maximum Gasteiger partial charge on any atom is 0.169 e. The fourth-order valence-corrected chi connectivity index (χ4v) is 2.61. The molecule has 0 fully saturated rings. The van der Waals surface area contributed by atoms with Crippen LogP contribution < -0.4 is 0 Å². The van der Waals surface area contributed by atoms with Crippen molar-refractivity contribution < 1.29 is 9.84 Å². The molecule has 1 aromatic carbocycles. The fraction of sp³-hybridized carbons (Fsp3) is 0.375. The van der Waals surface area contributed by atoms with E-state index in [1.807, 2.05) is 26.0 Å². The minimum atomic E-state index is -1.49. The van der Waals surface area contributed by atoms with Crippen molar-refractivity contribution in [1.82, 2.24) is 0 Å². The Morgan fingerprint density at radius 3 is 2.14 bits per heavy atom. The molecule has 0 saturated carbocycles. The maximum atomic E-state index is 10.0. The smallest absolute Gasteiger partial charge is 0.169 e. The first-order valence-electron chi connectivity index (χ1n) is 6.71. The molecule has 0 aliphatic heterocycles. The molecule has 0 radical (unpaired) electrons. The molecule has 0 amide bonds. The highest BCUT2D eigenvalue weighted by atomic mass is 35.5. The van der Waals surface area contributed by atoms with Gasteiger partial charge < -0.3 is 9.84 Å². The molecule has 0 spiro atoms. The lowest BCUT2D eigenvalue weighted by atomic mass is 9.89. The zero-order chi connectivity index (χ0) is 15.9. The summed E-state index contributed by atoms with van der Waals surface area (Å²) in [6, 6.07) is 7.19. The van der Waals surface area contributed by atoms with E-state index in [-0.39, 0.29) is 5.92 Å². The van der Waals surface area contributed by atoms with Gasteiger partial charge in [0, 0.05) is 29.2 Å². The van der Waals surface area contributed by atoms with E-state index >= 15 is 0 Å². The second kappa shape index (κ2) is 8.82. The standard InChI is InChI=1S/C12H9Cl3O.C4H10O/c13-9-3-1-8(2-4-9)11-6-5-10(14)7-12(11,15)16;1-3-5-4-2/h1-7,11,16H;3-4H2,1-2H3. The van der Waals surface area contributed by atoms with Gasteiger partial charge in [-0.1, -0.05) is 53.0 Å². The molecule has 2 nitrogen and oxygen atoms in total. The number of aliphatic hydroxyl groups is 1. The summed E-state index contributed by atoms with van der Waals surface area (Å²) < 4.78 is 4.83. The molecule has 5 heteroatoms. The van der Waals surface area contributed by atoms with Crippen LogP contribution in [0.3, 0.4) is 0 Å². The summed E-state index contributed by atoms with van der Waals surface area (Å²) in [6.45, 7) is 5.67. The quantitative estimate of drug-likeness (QED) is 0.770. The third-order valence-electron chi connectivity index (χ3n) is 2.86. The molecule has 0 saturated heterocycles. The summed E-state index contributed by atoms with van der Waals surface area (Å²) in [6.07, 6.45) is 4.92. The van der Waals surface area contributed by atoms with Gasteiger partial charge in [-0.15, -0.1) is 0 Å². The molecular formula is C16H19Cl3O2. The van der Waals surface area contributed by atoms with Gasteiger partial charge in [0.05, 0.1) is 0 Å². The molecule has 1 aromatic rings. The minimum Gasteiger partial charge on any atom is -0.382 e. The number of allylic oxidation sites excluding steroid dienone is 2. The molecule has 0 aromatic heterocycles. The number of ether oxygens (including phenoxy) is 1. The van der Waals surface area contributed by atoms with Crippen LogP contribution in [0, 0.1) is 0 Å².